The van der Waals surface area contributed by atoms with Gasteiger partial charge in [-0.15, -0.1) is 11.3 Å². The molecule has 0 saturated heterocycles. The first-order valence-electron chi connectivity index (χ1n) is 8.60. The van der Waals surface area contributed by atoms with Crippen molar-refractivity contribution in [3.05, 3.63) is 35.0 Å². The van der Waals surface area contributed by atoms with Crippen LogP contribution in [-0.4, -0.2) is 23.2 Å². The van der Waals surface area contributed by atoms with Gasteiger partial charge in [0.15, 0.2) is 11.5 Å². The standard InChI is InChI=1S/C19H18N2O2S2/c1-11-2-4-13-16(8-11)25-19-17(13)18(20-10-21-19)24-12-3-5-14-15(9-12)23-7-6-22-14/h3,5,9-11H,2,4,6-8H2,1H3/t11-/m1/s1. The Morgan fingerprint density at radius 3 is 2.96 bits per heavy atom. The summed E-state index contributed by atoms with van der Waals surface area (Å²) in [6.45, 7) is 3.56. The van der Waals surface area contributed by atoms with Crippen LogP contribution >= 0.6 is 23.1 Å². The van der Waals surface area contributed by atoms with Gasteiger partial charge in [-0.3, -0.25) is 0 Å². The van der Waals surface area contributed by atoms with Crippen molar-refractivity contribution in [3.8, 4) is 11.5 Å². The molecule has 2 aromatic heterocycles. The quantitative estimate of drug-likeness (QED) is 0.610. The summed E-state index contributed by atoms with van der Waals surface area (Å²) >= 11 is 3.53. The summed E-state index contributed by atoms with van der Waals surface area (Å²) in [7, 11) is 0. The Morgan fingerprint density at radius 2 is 2.04 bits per heavy atom. The molecule has 0 bridgehead atoms. The highest BCUT2D eigenvalue weighted by Crippen LogP contribution is 2.43. The van der Waals surface area contributed by atoms with Gasteiger partial charge in [0.1, 0.15) is 29.4 Å². The van der Waals surface area contributed by atoms with Crippen molar-refractivity contribution in [1.82, 2.24) is 9.97 Å². The molecule has 128 valence electrons. The highest BCUT2D eigenvalue weighted by molar-refractivity contribution is 7.99. The fraction of sp³-hybridized carbons (Fsp3) is 0.368. The molecule has 1 aliphatic carbocycles. The molecule has 1 aliphatic heterocycles. The van der Waals surface area contributed by atoms with E-state index in [1.807, 2.05) is 23.5 Å². The maximum Gasteiger partial charge on any atom is 0.162 e. The molecule has 5 rings (SSSR count). The van der Waals surface area contributed by atoms with Crippen LogP contribution in [0.25, 0.3) is 10.2 Å². The van der Waals surface area contributed by atoms with Crippen LogP contribution in [0.1, 0.15) is 23.8 Å². The van der Waals surface area contributed by atoms with Gasteiger partial charge in [-0.2, -0.15) is 0 Å². The number of benzene rings is 1. The third-order valence-electron chi connectivity index (χ3n) is 4.79. The van der Waals surface area contributed by atoms with Crippen LogP contribution in [0.5, 0.6) is 11.5 Å². The molecular formula is C19H18N2O2S2. The molecule has 0 amide bonds. The fourth-order valence-corrected chi connectivity index (χ4v) is 5.88. The van der Waals surface area contributed by atoms with Crippen LogP contribution in [-0.2, 0) is 12.8 Å². The number of ether oxygens (including phenoxy) is 2. The Balaban J connectivity index is 1.55. The summed E-state index contributed by atoms with van der Waals surface area (Å²) in [5.41, 5.74) is 1.47. The number of nitrogens with zero attached hydrogens (tertiary/aromatic N) is 2. The van der Waals surface area contributed by atoms with Gasteiger partial charge >= 0.3 is 0 Å². The third kappa shape index (κ3) is 2.77. The Kier molecular flexibility index (Phi) is 3.82. The van der Waals surface area contributed by atoms with Gasteiger partial charge in [0.2, 0.25) is 0 Å². The minimum Gasteiger partial charge on any atom is -0.486 e. The number of thiophene rings is 1. The summed E-state index contributed by atoms with van der Waals surface area (Å²) in [6, 6.07) is 6.11. The first-order valence-corrected chi connectivity index (χ1v) is 10.2. The second-order valence-corrected chi connectivity index (χ2v) is 8.76. The summed E-state index contributed by atoms with van der Waals surface area (Å²) in [5.74, 6) is 2.41. The molecule has 0 N–H and O–H groups in total. The zero-order valence-electron chi connectivity index (χ0n) is 13.9. The Hall–Kier alpha value is -1.79. The molecule has 1 aromatic carbocycles. The van der Waals surface area contributed by atoms with Crippen molar-refractivity contribution in [1.29, 1.82) is 0 Å². The molecule has 0 unspecified atom stereocenters. The van der Waals surface area contributed by atoms with Gasteiger partial charge in [0, 0.05) is 15.2 Å². The van der Waals surface area contributed by atoms with E-state index in [1.54, 1.807) is 18.1 Å². The van der Waals surface area contributed by atoms with Crippen molar-refractivity contribution >= 4 is 33.3 Å². The molecule has 0 radical (unpaired) electrons. The average molecular weight is 370 g/mol. The Bertz CT molecular complexity index is 954. The fourth-order valence-electron chi connectivity index (χ4n) is 3.52. The molecule has 3 heterocycles. The normalized spacial score (nSPS) is 19.0. The molecule has 1 atom stereocenters. The van der Waals surface area contributed by atoms with Crippen LogP contribution in [0.3, 0.4) is 0 Å². The highest BCUT2D eigenvalue weighted by atomic mass is 32.2. The first-order chi connectivity index (χ1) is 12.3. The Morgan fingerprint density at radius 1 is 1.16 bits per heavy atom. The monoisotopic (exact) mass is 370 g/mol. The molecule has 6 heteroatoms. The van der Waals surface area contributed by atoms with Crippen molar-refractivity contribution in [2.24, 2.45) is 5.92 Å². The molecule has 3 aromatic rings. The lowest BCUT2D eigenvalue weighted by molar-refractivity contribution is 0.171. The van der Waals surface area contributed by atoms with E-state index >= 15 is 0 Å². The second-order valence-electron chi connectivity index (χ2n) is 6.62. The molecule has 0 spiro atoms. The summed E-state index contributed by atoms with van der Waals surface area (Å²) in [6.07, 6.45) is 5.25. The summed E-state index contributed by atoms with van der Waals surface area (Å²) in [5, 5.41) is 2.31. The topological polar surface area (TPSA) is 44.2 Å². The largest absolute Gasteiger partial charge is 0.486 e. The minimum atomic E-state index is 0.606. The lowest BCUT2D eigenvalue weighted by Crippen LogP contribution is -2.15. The first kappa shape index (κ1) is 15.5. The number of hydrogen-bond donors (Lipinski definition) is 0. The van der Waals surface area contributed by atoms with E-state index in [1.165, 1.54) is 28.7 Å². The van der Waals surface area contributed by atoms with E-state index in [4.69, 9.17) is 9.47 Å². The van der Waals surface area contributed by atoms with E-state index in [9.17, 15) is 0 Å². The predicted octanol–water partition coefficient (Wildman–Crippen LogP) is 4.74. The van der Waals surface area contributed by atoms with Crippen molar-refractivity contribution in [3.63, 3.8) is 0 Å². The predicted molar refractivity (Wildman–Crippen MR) is 100 cm³/mol. The van der Waals surface area contributed by atoms with Gasteiger partial charge < -0.3 is 9.47 Å². The third-order valence-corrected chi connectivity index (χ3v) is 6.94. The number of rotatable bonds is 2. The summed E-state index contributed by atoms with van der Waals surface area (Å²) in [4.78, 5) is 12.9. The van der Waals surface area contributed by atoms with Crippen molar-refractivity contribution in [2.75, 3.05) is 13.2 Å². The van der Waals surface area contributed by atoms with Gasteiger partial charge in [-0.25, -0.2) is 9.97 Å². The molecule has 4 nitrogen and oxygen atoms in total. The minimum absolute atomic E-state index is 0.606. The second kappa shape index (κ2) is 6.18. The molecule has 0 fully saturated rings. The van der Waals surface area contributed by atoms with Crippen LogP contribution < -0.4 is 9.47 Å². The number of aryl methyl sites for hydroxylation is 1. The Labute approximate surface area is 154 Å². The summed E-state index contributed by atoms with van der Waals surface area (Å²) < 4.78 is 11.3. The number of aromatic nitrogens is 2. The average Bonchev–Trinajstić information content (AvgIpc) is 3.00. The molecular weight excluding hydrogens is 352 g/mol. The van der Waals surface area contributed by atoms with Crippen LogP contribution in [0.4, 0.5) is 0 Å². The van der Waals surface area contributed by atoms with Crippen LogP contribution in [0.15, 0.2) is 34.4 Å². The van der Waals surface area contributed by atoms with E-state index in [2.05, 4.69) is 23.0 Å². The lowest BCUT2D eigenvalue weighted by Gasteiger charge is -2.19. The van der Waals surface area contributed by atoms with Gasteiger partial charge in [-0.05, 0) is 48.9 Å². The van der Waals surface area contributed by atoms with Crippen molar-refractivity contribution in [2.45, 2.75) is 36.1 Å². The maximum atomic E-state index is 5.71. The molecule has 2 aliphatic rings. The van der Waals surface area contributed by atoms with E-state index in [-0.39, 0.29) is 0 Å². The SMILES string of the molecule is C[C@@H]1CCc2c(sc3ncnc(Sc4ccc5c(c4)OCCO5)c23)C1. The maximum absolute atomic E-state index is 5.71. The van der Waals surface area contributed by atoms with Crippen molar-refractivity contribution < 1.29 is 9.47 Å². The van der Waals surface area contributed by atoms with E-state index < -0.39 is 0 Å². The van der Waals surface area contributed by atoms with Gasteiger partial charge in [0.25, 0.3) is 0 Å². The lowest BCUT2D eigenvalue weighted by atomic mass is 9.89. The zero-order chi connectivity index (χ0) is 16.8. The zero-order valence-corrected chi connectivity index (χ0v) is 15.6. The molecule has 0 saturated carbocycles. The highest BCUT2D eigenvalue weighted by Gasteiger charge is 2.23. The number of hydrogen-bond acceptors (Lipinski definition) is 6. The molecule has 25 heavy (non-hydrogen) atoms. The van der Waals surface area contributed by atoms with Crippen LogP contribution in [0.2, 0.25) is 0 Å². The van der Waals surface area contributed by atoms with Gasteiger partial charge in [-0.1, -0.05) is 18.7 Å². The van der Waals surface area contributed by atoms with E-state index in [0.29, 0.717) is 13.2 Å². The smallest absolute Gasteiger partial charge is 0.162 e. The van der Waals surface area contributed by atoms with Gasteiger partial charge in [0.05, 0.1) is 0 Å². The van der Waals surface area contributed by atoms with Crippen LogP contribution in [0, 0.1) is 5.92 Å². The van der Waals surface area contributed by atoms with E-state index in [0.717, 1.165) is 38.6 Å². The number of fused-ring (bicyclic) bond motifs is 4.